The van der Waals surface area contributed by atoms with Crippen molar-refractivity contribution in [3.63, 3.8) is 0 Å². The number of nitrogens with zero attached hydrogens (tertiary/aromatic N) is 2. The molecule has 7 heteroatoms. The molecular weight excluding hydrogens is 374 g/mol. The predicted molar refractivity (Wildman–Crippen MR) is 111 cm³/mol. The molecule has 3 rings (SSSR count). The number of ether oxygens (including phenoxy) is 1. The molecule has 28 heavy (non-hydrogen) atoms. The first-order chi connectivity index (χ1) is 13.5. The standard InChI is InChI=1S/C21H21N3O3S/c1-15-11-20(26)24(21(22-15)28-14-16-7-4-3-5-8-16)13-19(25)23-17-9-6-10-18(12-17)27-2/h3-12H,13-14H2,1-2H3,(H,23,25). The highest BCUT2D eigenvalue weighted by molar-refractivity contribution is 7.98. The smallest absolute Gasteiger partial charge is 0.254 e. The van der Waals surface area contributed by atoms with Gasteiger partial charge in [-0.3, -0.25) is 14.2 Å². The van der Waals surface area contributed by atoms with E-state index in [4.69, 9.17) is 4.74 Å². The third-order valence-corrected chi connectivity index (χ3v) is 5.01. The summed E-state index contributed by atoms with van der Waals surface area (Å²) in [5.41, 5.74) is 2.11. The molecule has 0 saturated heterocycles. The third kappa shape index (κ3) is 5.23. The number of amides is 1. The highest BCUT2D eigenvalue weighted by Gasteiger charge is 2.13. The number of carbonyl (C=O) groups is 1. The summed E-state index contributed by atoms with van der Waals surface area (Å²) < 4.78 is 6.56. The zero-order valence-corrected chi connectivity index (χ0v) is 16.5. The molecule has 1 aromatic heterocycles. The minimum absolute atomic E-state index is 0.111. The Kier molecular flexibility index (Phi) is 6.49. The first kappa shape index (κ1) is 19.7. The van der Waals surface area contributed by atoms with Gasteiger partial charge < -0.3 is 10.1 Å². The van der Waals surface area contributed by atoms with Gasteiger partial charge in [-0.2, -0.15) is 0 Å². The molecule has 1 N–H and O–H groups in total. The van der Waals surface area contributed by atoms with E-state index in [0.29, 0.717) is 28.0 Å². The average molecular weight is 395 g/mol. The van der Waals surface area contributed by atoms with Crippen molar-refractivity contribution in [2.24, 2.45) is 0 Å². The molecular formula is C21H21N3O3S. The summed E-state index contributed by atoms with van der Waals surface area (Å²) in [6.07, 6.45) is 0. The van der Waals surface area contributed by atoms with Crippen LogP contribution in [0.4, 0.5) is 5.69 Å². The van der Waals surface area contributed by atoms with Crippen molar-refractivity contribution in [3.8, 4) is 5.75 Å². The summed E-state index contributed by atoms with van der Waals surface area (Å²) >= 11 is 1.43. The van der Waals surface area contributed by atoms with Crippen molar-refractivity contribution >= 4 is 23.4 Å². The van der Waals surface area contributed by atoms with Crippen LogP contribution in [0.1, 0.15) is 11.3 Å². The second kappa shape index (κ2) is 9.23. The van der Waals surface area contributed by atoms with Crippen LogP contribution in [-0.4, -0.2) is 22.6 Å². The predicted octanol–water partition coefficient (Wildman–Crippen LogP) is 3.49. The van der Waals surface area contributed by atoms with Gasteiger partial charge in [-0.15, -0.1) is 0 Å². The number of carbonyl (C=O) groups excluding carboxylic acids is 1. The molecule has 3 aromatic rings. The Labute approximate surface area is 167 Å². The Morgan fingerprint density at radius 3 is 2.68 bits per heavy atom. The lowest BCUT2D eigenvalue weighted by Gasteiger charge is -2.13. The molecule has 6 nitrogen and oxygen atoms in total. The zero-order valence-electron chi connectivity index (χ0n) is 15.7. The minimum Gasteiger partial charge on any atom is -0.497 e. The number of nitrogens with one attached hydrogen (secondary N) is 1. The number of hydrogen-bond donors (Lipinski definition) is 1. The van der Waals surface area contributed by atoms with Gasteiger partial charge >= 0.3 is 0 Å². The van der Waals surface area contributed by atoms with E-state index >= 15 is 0 Å². The van der Waals surface area contributed by atoms with Crippen LogP contribution in [0.15, 0.2) is 70.6 Å². The van der Waals surface area contributed by atoms with E-state index in [-0.39, 0.29) is 18.0 Å². The van der Waals surface area contributed by atoms with Gasteiger partial charge in [0, 0.05) is 29.3 Å². The van der Waals surface area contributed by atoms with Crippen LogP contribution < -0.4 is 15.6 Å². The van der Waals surface area contributed by atoms with Crippen LogP contribution in [0, 0.1) is 6.92 Å². The number of hydrogen-bond acceptors (Lipinski definition) is 5. The van der Waals surface area contributed by atoms with Gasteiger partial charge in [0.05, 0.1) is 7.11 Å². The highest BCUT2D eigenvalue weighted by Crippen LogP contribution is 2.21. The highest BCUT2D eigenvalue weighted by atomic mass is 32.2. The number of rotatable bonds is 7. The molecule has 0 aliphatic heterocycles. The second-order valence-electron chi connectivity index (χ2n) is 6.16. The van der Waals surface area contributed by atoms with E-state index in [1.54, 1.807) is 38.3 Å². The normalized spacial score (nSPS) is 10.5. The van der Waals surface area contributed by atoms with Crippen LogP contribution in [0.25, 0.3) is 0 Å². The molecule has 0 fully saturated rings. The lowest BCUT2D eigenvalue weighted by Crippen LogP contribution is -2.29. The van der Waals surface area contributed by atoms with E-state index in [1.807, 2.05) is 30.3 Å². The summed E-state index contributed by atoms with van der Waals surface area (Å²) in [5, 5.41) is 3.32. The summed E-state index contributed by atoms with van der Waals surface area (Å²) in [4.78, 5) is 29.4. The Hall–Kier alpha value is -3.06. The SMILES string of the molecule is COc1cccc(NC(=O)Cn2c(SCc3ccccc3)nc(C)cc2=O)c1. The van der Waals surface area contributed by atoms with E-state index in [9.17, 15) is 9.59 Å². The number of thioether (sulfide) groups is 1. The lowest BCUT2D eigenvalue weighted by molar-refractivity contribution is -0.116. The first-order valence-corrected chi connectivity index (χ1v) is 9.73. The van der Waals surface area contributed by atoms with Crippen molar-refractivity contribution in [2.75, 3.05) is 12.4 Å². The molecule has 0 aliphatic carbocycles. The van der Waals surface area contributed by atoms with E-state index in [2.05, 4.69) is 10.3 Å². The average Bonchev–Trinajstić information content (AvgIpc) is 2.69. The summed E-state index contributed by atoms with van der Waals surface area (Å²) in [5.74, 6) is 1.00. The van der Waals surface area contributed by atoms with Crippen LogP contribution in [-0.2, 0) is 17.1 Å². The molecule has 0 saturated carbocycles. The Balaban J connectivity index is 1.76. The Morgan fingerprint density at radius 1 is 1.14 bits per heavy atom. The summed E-state index contributed by atoms with van der Waals surface area (Å²) in [6, 6.07) is 18.4. The van der Waals surface area contributed by atoms with Gasteiger partial charge in [-0.05, 0) is 24.6 Å². The van der Waals surface area contributed by atoms with Crippen LogP contribution in [0.2, 0.25) is 0 Å². The van der Waals surface area contributed by atoms with Gasteiger partial charge in [0.15, 0.2) is 5.16 Å². The van der Waals surface area contributed by atoms with Crippen molar-refractivity contribution < 1.29 is 9.53 Å². The van der Waals surface area contributed by atoms with Crippen LogP contribution >= 0.6 is 11.8 Å². The monoisotopic (exact) mass is 395 g/mol. The first-order valence-electron chi connectivity index (χ1n) is 8.74. The molecule has 0 unspecified atom stereocenters. The van der Waals surface area contributed by atoms with Crippen LogP contribution in [0.3, 0.4) is 0 Å². The summed E-state index contributed by atoms with van der Waals surface area (Å²) in [6.45, 7) is 1.66. The van der Waals surface area contributed by atoms with Gasteiger partial charge in [-0.1, -0.05) is 48.2 Å². The zero-order chi connectivity index (χ0) is 19.9. The molecule has 0 spiro atoms. The lowest BCUT2D eigenvalue weighted by atomic mass is 10.2. The number of aryl methyl sites for hydroxylation is 1. The van der Waals surface area contributed by atoms with Crippen molar-refractivity contribution in [2.45, 2.75) is 24.4 Å². The molecule has 0 atom stereocenters. The largest absolute Gasteiger partial charge is 0.497 e. The topological polar surface area (TPSA) is 73.2 Å². The number of anilines is 1. The van der Waals surface area contributed by atoms with Crippen LogP contribution in [0.5, 0.6) is 5.75 Å². The molecule has 2 aromatic carbocycles. The molecule has 1 heterocycles. The maximum absolute atomic E-state index is 12.5. The maximum atomic E-state index is 12.5. The molecule has 1 amide bonds. The van der Waals surface area contributed by atoms with Crippen molar-refractivity contribution in [1.29, 1.82) is 0 Å². The van der Waals surface area contributed by atoms with E-state index in [1.165, 1.54) is 22.4 Å². The van der Waals surface area contributed by atoms with Gasteiger partial charge in [0.2, 0.25) is 5.91 Å². The number of aromatic nitrogens is 2. The Bertz CT molecular complexity index is 1020. The fraction of sp³-hybridized carbons (Fsp3) is 0.190. The molecule has 0 aliphatic rings. The van der Waals surface area contributed by atoms with Gasteiger partial charge in [-0.25, -0.2) is 4.98 Å². The molecule has 0 radical (unpaired) electrons. The quantitative estimate of drug-likeness (QED) is 0.490. The van der Waals surface area contributed by atoms with E-state index < -0.39 is 0 Å². The van der Waals surface area contributed by atoms with Gasteiger partial charge in [0.25, 0.3) is 5.56 Å². The maximum Gasteiger partial charge on any atom is 0.254 e. The van der Waals surface area contributed by atoms with Crippen molar-refractivity contribution in [3.05, 3.63) is 82.3 Å². The second-order valence-corrected chi connectivity index (χ2v) is 7.10. The minimum atomic E-state index is -0.303. The fourth-order valence-corrected chi connectivity index (χ4v) is 3.62. The van der Waals surface area contributed by atoms with Gasteiger partial charge in [0.1, 0.15) is 12.3 Å². The van der Waals surface area contributed by atoms with E-state index in [0.717, 1.165) is 5.56 Å². The fourth-order valence-electron chi connectivity index (χ4n) is 2.62. The van der Waals surface area contributed by atoms with Crippen molar-refractivity contribution in [1.82, 2.24) is 9.55 Å². The molecule has 0 bridgehead atoms. The number of methoxy groups -OCH3 is 1. The Morgan fingerprint density at radius 2 is 1.93 bits per heavy atom. The summed E-state index contributed by atoms with van der Waals surface area (Å²) in [7, 11) is 1.56. The molecule has 144 valence electrons. The number of benzene rings is 2. The third-order valence-electron chi connectivity index (χ3n) is 3.97.